The van der Waals surface area contributed by atoms with Crippen molar-refractivity contribution in [3.8, 4) is 28.5 Å². The Hall–Kier alpha value is -3.29. The number of aliphatic carboxylic acids is 1. The molecule has 0 saturated heterocycles. The number of hydrogen-bond acceptors (Lipinski definition) is 4. The fourth-order valence-corrected chi connectivity index (χ4v) is 2.31. The molecular weight excluding hydrogens is 332 g/mol. The molecule has 1 N–H and O–H groups in total. The monoisotopic (exact) mass is 345 g/mol. The van der Waals surface area contributed by atoms with E-state index in [1.54, 1.807) is 0 Å². The fraction of sp³-hybridized carbons (Fsp3) is 0.118. The summed E-state index contributed by atoms with van der Waals surface area (Å²) in [7, 11) is 1.33. The van der Waals surface area contributed by atoms with Gasteiger partial charge >= 0.3 is 5.97 Å². The van der Waals surface area contributed by atoms with Crippen LogP contribution in [0.2, 0.25) is 0 Å². The van der Waals surface area contributed by atoms with Gasteiger partial charge in [-0.1, -0.05) is 0 Å². The number of hydrogen-bond donors (Lipinski definition) is 1. The van der Waals surface area contributed by atoms with Gasteiger partial charge in [-0.2, -0.15) is 0 Å². The predicted molar refractivity (Wildman–Crippen MR) is 85.0 cm³/mol. The fourth-order valence-electron chi connectivity index (χ4n) is 2.31. The van der Waals surface area contributed by atoms with Gasteiger partial charge in [-0.25, -0.2) is 18.4 Å². The molecule has 3 aromatic rings. The smallest absolute Gasteiger partial charge is 0.325 e. The highest BCUT2D eigenvalue weighted by Gasteiger charge is 2.17. The summed E-state index contributed by atoms with van der Waals surface area (Å²) in [4.78, 5) is 15.4. The lowest BCUT2D eigenvalue weighted by Crippen LogP contribution is -2.11. The zero-order chi connectivity index (χ0) is 18.0. The number of methoxy groups -OCH3 is 1. The Balaban J connectivity index is 2.11. The van der Waals surface area contributed by atoms with Gasteiger partial charge in [0.15, 0.2) is 23.2 Å². The number of rotatable bonds is 5. The minimum atomic E-state index is -1.11. The van der Waals surface area contributed by atoms with Crippen LogP contribution in [0.15, 0.2) is 42.5 Å². The number of carbonyl (C=O) groups is 1. The number of aromatic nitrogens is 3. The SMILES string of the molecule is COc1cc(-c2nc(-c3ccc(F)cc3)nn2CC(=O)O)ccc1F. The van der Waals surface area contributed by atoms with E-state index in [0.29, 0.717) is 11.1 Å². The van der Waals surface area contributed by atoms with Crippen molar-refractivity contribution in [2.24, 2.45) is 0 Å². The summed E-state index contributed by atoms with van der Waals surface area (Å²) >= 11 is 0. The van der Waals surface area contributed by atoms with Crippen molar-refractivity contribution < 1.29 is 23.4 Å². The van der Waals surface area contributed by atoms with Crippen molar-refractivity contribution in [3.63, 3.8) is 0 Å². The molecule has 0 bridgehead atoms. The molecule has 0 unspecified atom stereocenters. The van der Waals surface area contributed by atoms with E-state index in [1.165, 1.54) is 54.3 Å². The highest BCUT2D eigenvalue weighted by Crippen LogP contribution is 2.27. The second-order valence-electron chi connectivity index (χ2n) is 5.17. The Bertz CT molecular complexity index is 923. The Morgan fingerprint density at radius 2 is 1.84 bits per heavy atom. The van der Waals surface area contributed by atoms with E-state index in [-0.39, 0.29) is 17.4 Å². The summed E-state index contributed by atoms with van der Waals surface area (Å²) in [6.07, 6.45) is 0. The predicted octanol–water partition coefficient (Wildman–Crippen LogP) is 2.98. The molecule has 128 valence electrons. The summed E-state index contributed by atoms with van der Waals surface area (Å²) in [5, 5.41) is 13.2. The highest BCUT2D eigenvalue weighted by molar-refractivity contribution is 5.69. The lowest BCUT2D eigenvalue weighted by atomic mass is 10.2. The number of carboxylic acid groups (broad SMARTS) is 1. The van der Waals surface area contributed by atoms with Crippen molar-refractivity contribution in [1.82, 2.24) is 14.8 Å². The number of ether oxygens (including phenoxy) is 1. The molecule has 8 heteroatoms. The lowest BCUT2D eigenvalue weighted by Gasteiger charge is -2.06. The quantitative estimate of drug-likeness (QED) is 0.769. The first-order chi connectivity index (χ1) is 12.0. The molecule has 25 heavy (non-hydrogen) atoms. The Morgan fingerprint density at radius 1 is 1.16 bits per heavy atom. The van der Waals surface area contributed by atoms with Gasteiger partial charge in [-0.3, -0.25) is 4.79 Å². The molecule has 0 atom stereocenters. The van der Waals surface area contributed by atoms with Crippen LogP contribution in [0.1, 0.15) is 0 Å². The molecular formula is C17H13F2N3O3. The van der Waals surface area contributed by atoms with Gasteiger partial charge < -0.3 is 9.84 Å². The molecule has 1 aromatic heterocycles. The number of carboxylic acids is 1. The zero-order valence-corrected chi connectivity index (χ0v) is 13.1. The summed E-state index contributed by atoms with van der Waals surface area (Å²) in [6.45, 7) is -0.427. The van der Waals surface area contributed by atoms with Crippen LogP contribution >= 0.6 is 0 Å². The van der Waals surface area contributed by atoms with E-state index in [4.69, 9.17) is 9.84 Å². The van der Waals surface area contributed by atoms with Crippen LogP contribution in [0.25, 0.3) is 22.8 Å². The van der Waals surface area contributed by atoms with Gasteiger partial charge in [0.1, 0.15) is 12.4 Å². The minimum absolute atomic E-state index is 0.00528. The molecule has 0 aliphatic rings. The summed E-state index contributed by atoms with van der Waals surface area (Å²) in [5.74, 6) is -1.58. The van der Waals surface area contributed by atoms with Gasteiger partial charge in [0.05, 0.1) is 7.11 Å². The Labute approximate surface area is 141 Å². The van der Waals surface area contributed by atoms with E-state index in [0.717, 1.165) is 0 Å². The second-order valence-corrected chi connectivity index (χ2v) is 5.17. The molecule has 0 aliphatic heterocycles. The second kappa shape index (κ2) is 6.68. The van der Waals surface area contributed by atoms with Crippen molar-refractivity contribution >= 4 is 5.97 Å². The lowest BCUT2D eigenvalue weighted by molar-refractivity contribution is -0.137. The zero-order valence-electron chi connectivity index (χ0n) is 13.1. The molecule has 0 amide bonds. The van der Waals surface area contributed by atoms with E-state index < -0.39 is 24.1 Å². The topological polar surface area (TPSA) is 77.2 Å². The van der Waals surface area contributed by atoms with Gasteiger partial charge in [0, 0.05) is 11.1 Å². The van der Waals surface area contributed by atoms with E-state index in [1.807, 2.05) is 0 Å². The van der Waals surface area contributed by atoms with E-state index in [9.17, 15) is 13.6 Å². The van der Waals surface area contributed by atoms with Crippen LogP contribution in [0.4, 0.5) is 8.78 Å². The normalized spacial score (nSPS) is 10.7. The number of benzene rings is 2. The van der Waals surface area contributed by atoms with Crippen molar-refractivity contribution in [2.45, 2.75) is 6.54 Å². The first-order valence-electron chi connectivity index (χ1n) is 7.24. The van der Waals surface area contributed by atoms with E-state index in [2.05, 4.69) is 10.1 Å². The number of halogens is 2. The maximum absolute atomic E-state index is 13.6. The molecule has 0 fully saturated rings. The van der Waals surface area contributed by atoms with Gasteiger partial charge in [0.2, 0.25) is 0 Å². The molecule has 3 rings (SSSR count). The van der Waals surface area contributed by atoms with E-state index >= 15 is 0 Å². The third-order valence-electron chi connectivity index (χ3n) is 3.47. The maximum atomic E-state index is 13.6. The summed E-state index contributed by atoms with van der Waals surface area (Å²) in [5.41, 5.74) is 0.973. The van der Waals surface area contributed by atoms with Crippen molar-refractivity contribution in [2.75, 3.05) is 7.11 Å². The van der Waals surface area contributed by atoms with Crippen LogP contribution in [-0.4, -0.2) is 33.0 Å². The van der Waals surface area contributed by atoms with Crippen LogP contribution in [0, 0.1) is 11.6 Å². The molecule has 1 heterocycles. The molecule has 6 nitrogen and oxygen atoms in total. The third kappa shape index (κ3) is 3.47. The average molecular weight is 345 g/mol. The van der Waals surface area contributed by atoms with Crippen LogP contribution < -0.4 is 4.74 Å². The first kappa shape index (κ1) is 16.6. The highest BCUT2D eigenvalue weighted by atomic mass is 19.1. The van der Waals surface area contributed by atoms with Gasteiger partial charge in [-0.05, 0) is 42.5 Å². The van der Waals surface area contributed by atoms with Crippen molar-refractivity contribution in [3.05, 3.63) is 54.1 Å². The van der Waals surface area contributed by atoms with Gasteiger partial charge in [-0.15, -0.1) is 5.10 Å². The maximum Gasteiger partial charge on any atom is 0.325 e. The molecule has 0 aliphatic carbocycles. The minimum Gasteiger partial charge on any atom is -0.494 e. The summed E-state index contributed by atoms with van der Waals surface area (Å²) in [6, 6.07) is 9.56. The molecule has 0 saturated carbocycles. The van der Waals surface area contributed by atoms with Crippen LogP contribution in [-0.2, 0) is 11.3 Å². The largest absolute Gasteiger partial charge is 0.494 e. The first-order valence-corrected chi connectivity index (χ1v) is 7.24. The standard InChI is InChI=1S/C17H13F2N3O3/c1-25-14-8-11(4-7-13(14)19)17-20-16(21-22(17)9-15(23)24)10-2-5-12(18)6-3-10/h2-8H,9H2,1H3,(H,23,24). The van der Waals surface area contributed by atoms with Gasteiger partial charge in [0.25, 0.3) is 0 Å². The Kier molecular flexibility index (Phi) is 4.42. The average Bonchev–Trinajstić information content (AvgIpc) is 2.99. The van der Waals surface area contributed by atoms with Crippen LogP contribution in [0.3, 0.4) is 0 Å². The third-order valence-corrected chi connectivity index (χ3v) is 3.47. The summed E-state index contributed by atoms with van der Waals surface area (Å²) < 4.78 is 32.8. The van der Waals surface area contributed by atoms with Crippen molar-refractivity contribution in [1.29, 1.82) is 0 Å². The Morgan fingerprint density at radius 3 is 2.48 bits per heavy atom. The molecule has 0 spiro atoms. The molecule has 2 aromatic carbocycles. The number of nitrogens with zero attached hydrogens (tertiary/aromatic N) is 3. The van der Waals surface area contributed by atoms with Crippen LogP contribution in [0.5, 0.6) is 5.75 Å². The molecule has 0 radical (unpaired) electrons.